The van der Waals surface area contributed by atoms with Crippen LogP contribution in [0.5, 0.6) is 0 Å². The standard InChI is InChI=1S/C13H14N3O6S3/c1-23(18)16-7-4-8-10(24(19)20)3-2-9(15-12(17)6-14)13(8)11(5-7)25(21)22/h2-5H,6,14H2,1H3,(H,15,17)(H,19,20)(H,21,22)/q-1. The van der Waals surface area contributed by atoms with Crippen molar-refractivity contribution in [3.63, 3.8) is 0 Å². The minimum Gasteiger partial charge on any atom is -0.444 e. The highest BCUT2D eigenvalue weighted by atomic mass is 32.2. The van der Waals surface area contributed by atoms with Gasteiger partial charge in [0.1, 0.15) is 0 Å². The first-order valence-electron chi connectivity index (χ1n) is 6.62. The Morgan fingerprint density at radius 2 is 1.88 bits per heavy atom. The van der Waals surface area contributed by atoms with Crippen molar-refractivity contribution in [2.45, 2.75) is 9.79 Å². The molecule has 0 saturated heterocycles. The zero-order chi connectivity index (χ0) is 18.7. The predicted octanol–water partition coefficient (Wildman–Crippen LogP) is 1.31. The Morgan fingerprint density at radius 3 is 2.40 bits per heavy atom. The normalized spacial score (nSPS) is 15.0. The SMILES string of the molecule is C[S-](=O)=Nc1cc(S(=O)O)c2c(NC(=O)CN)ccc(S(=O)O)c2c1. The summed E-state index contributed by atoms with van der Waals surface area (Å²) in [4.78, 5) is 11.4. The number of hydrogen-bond acceptors (Lipinski definition) is 7. The van der Waals surface area contributed by atoms with Gasteiger partial charge in [0.05, 0.1) is 22.0 Å². The van der Waals surface area contributed by atoms with Gasteiger partial charge in [-0.05, 0) is 24.3 Å². The number of nitrogens with zero attached hydrogens (tertiary/aromatic N) is 1. The lowest BCUT2D eigenvalue weighted by molar-refractivity contribution is -0.114. The largest absolute Gasteiger partial charge is 0.444 e. The van der Waals surface area contributed by atoms with Crippen LogP contribution in [0.2, 0.25) is 0 Å². The van der Waals surface area contributed by atoms with Crippen LogP contribution >= 0.6 is 0 Å². The summed E-state index contributed by atoms with van der Waals surface area (Å²) in [6.07, 6.45) is 1.31. The summed E-state index contributed by atoms with van der Waals surface area (Å²) in [5, 5.41) is 2.70. The van der Waals surface area contributed by atoms with E-state index in [1.165, 1.54) is 30.5 Å². The van der Waals surface area contributed by atoms with Gasteiger partial charge in [0.15, 0.2) is 22.2 Å². The van der Waals surface area contributed by atoms with Gasteiger partial charge in [-0.1, -0.05) is 0 Å². The molecule has 2 aromatic carbocycles. The highest BCUT2D eigenvalue weighted by Crippen LogP contribution is 2.36. The fourth-order valence-corrected chi connectivity index (χ4v) is 3.75. The fourth-order valence-electron chi connectivity index (χ4n) is 2.20. The Kier molecular flexibility index (Phi) is 6.37. The minimum absolute atomic E-state index is 0.0496. The molecule has 12 heteroatoms. The van der Waals surface area contributed by atoms with Crippen LogP contribution in [0.4, 0.5) is 11.4 Å². The Morgan fingerprint density at radius 1 is 1.24 bits per heavy atom. The number of carbonyl (C=O) groups is 1. The first kappa shape index (κ1) is 19.6. The third kappa shape index (κ3) is 4.48. The van der Waals surface area contributed by atoms with E-state index in [-0.39, 0.29) is 38.5 Å². The molecular formula is C13H14N3O6S3-. The van der Waals surface area contributed by atoms with E-state index in [2.05, 4.69) is 9.68 Å². The van der Waals surface area contributed by atoms with E-state index < -0.39 is 38.7 Å². The number of rotatable bonds is 5. The van der Waals surface area contributed by atoms with Gasteiger partial charge in [0.25, 0.3) is 0 Å². The summed E-state index contributed by atoms with van der Waals surface area (Å²) in [6, 6.07) is 5.21. The molecule has 0 heterocycles. The van der Waals surface area contributed by atoms with Crippen molar-refractivity contribution in [1.29, 1.82) is 0 Å². The summed E-state index contributed by atoms with van der Waals surface area (Å²) >= 11 is -4.90. The molecule has 9 nitrogen and oxygen atoms in total. The van der Waals surface area contributed by atoms with Crippen molar-refractivity contribution in [3.05, 3.63) is 24.3 Å². The zero-order valence-electron chi connectivity index (χ0n) is 12.8. The fraction of sp³-hybridized carbons (Fsp3) is 0.154. The third-order valence-corrected chi connectivity index (χ3v) is 4.99. The molecule has 0 spiro atoms. The molecule has 2 aromatic rings. The van der Waals surface area contributed by atoms with E-state index in [9.17, 15) is 26.5 Å². The third-order valence-electron chi connectivity index (χ3n) is 3.09. The number of carbonyl (C=O) groups excluding carboxylic acids is 1. The lowest BCUT2D eigenvalue weighted by Gasteiger charge is -2.14. The molecular weight excluding hydrogens is 390 g/mol. The van der Waals surface area contributed by atoms with Crippen LogP contribution in [0, 0.1) is 0 Å². The molecule has 2 atom stereocenters. The van der Waals surface area contributed by atoms with Crippen LogP contribution in [0.3, 0.4) is 0 Å². The number of fused-ring (bicyclic) bond motifs is 1. The Hall–Kier alpha value is -1.70. The Balaban J connectivity index is 2.95. The minimum atomic E-state index is -2.50. The van der Waals surface area contributed by atoms with Crippen molar-refractivity contribution in [3.8, 4) is 0 Å². The van der Waals surface area contributed by atoms with Gasteiger partial charge >= 0.3 is 0 Å². The molecule has 2 rings (SSSR count). The molecule has 25 heavy (non-hydrogen) atoms. The van der Waals surface area contributed by atoms with Gasteiger partial charge in [-0.2, -0.15) is 10.6 Å². The van der Waals surface area contributed by atoms with Crippen LogP contribution in [0.25, 0.3) is 10.8 Å². The highest BCUT2D eigenvalue weighted by molar-refractivity contribution is 7.80. The molecule has 0 fully saturated rings. The number of nitrogens with two attached hydrogens (primary N) is 1. The van der Waals surface area contributed by atoms with E-state index >= 15 is 0 Å². The number of nitrogens with one attached hydrogen (secondary N) is 1. The van der Waals surface area contributed by atoms with Crippen molar-refractivity contribution in [2.75, 3.05) is 18.1 Å². The van der Waals surface area contributed by atoms with Crippen molar-refractivity contribution in [2.24, 2.45) is 10.1 Å². The average Bonchev–Trinajstić information content (AvgIpc) is 2.52. The van der Waals surface area contributed by atoms with Gasteiger partial charge in [0, 0.05) is 16.5 Å². The van der Waals surface area contributed by atoms with Crippen LogP contribution in [-0.2, 0) is 41.8 Å². The molecule has 0 saturated carbocycles. The van der Waals surface area contributed by atoms with Crippen LogP contribution in [0.15, 0.2) is 38.4 Å². The summed E-state index contributed by atoms with van der Waals surface area (Å²) in [6.45, 7) is -0.311. The smallest absolute Gasteiger partial charge is 0.238 e. The maximum absolute atomic E-state index is 11.8. The van der Waals surface area contributed by atoms with E-state index in [1.807, 2.05) is 0 Å². The maximum atomic E-state index is 11.8. The number of amides is 1. The van der Waals surface area contributed by atoms with Crippen LogP contribution < -0.4 is 11.1 Å². The molecule has 0 aliphatic carbocycles. The van der Waals surface area contributed by atoms with Gasteiger partial charge in [-0.25, -0.2) is 8.42 Å². The molecule has 0 aliphatic heterocycles. The second kappa shape index (κ2) is 8.12. The van der Waals surface area contributed by atoms with Gasteiger partial charge in [-0.3, -0.25) is 4.79 Å². The lowest BCUT2D eigenvalue weighted by Crippen LogP contribution is -2.22. The summed E-state index contributed by atoms with van der Waals surface area (Å²) < 4.78 is 57.6. The van der Waals surface area contributed by atoms with Crippen LogP contribution in [0.1, 0.15) is 0 Å². The molecule has 0 bridgehead atoms. The summed E-state index contributed by atoms with van der Waals surface area (Å²) in [5.74, 6) is -0.544. The number of anilines is 1. The van der Waals surface area contributed by atoms with Gasteiger partial charge in [-0.15, -0.1) is 6.26 Å². The Bertz CT molecular complexity index is 985. The van der Waals surface area contributed by atoms with E-state index in [0.717, 1.165) is 0 Å². The van der Waals surface area contributed by atoms with Gasteiger partial charge < -0.3 is 28.7 Å². The maximum Gasteiger partial charge on any atom is 0.238 e. The monoisotopic (exact) mass is 404 g/mol. The quantitative estimate of drug-likeness (QED) is 0.432. The van der Waals surface area contributed by atoms with E-state index in [1.54, 1.807) is 0 Å². The first-order valence-corrected chi connectivity index (χ1v) is 10.3. The summed E-state index contributed by atoms with van der Waals surface area (Å²) in [7, 11) is -1.59. The molecule has 136 valence electrons. The highest BCUT2D eigenvalue weighted by Gasteiger charge is 2.18. The lowest BCUT2D eigenvalue weighted by atomic mass is 10.1. The van der Waals surface area contributed by atoms with Crippen LogP contribution in [-0.4, -0.2) is 36.2 Å². The molecule has 0 aromatic heterocycles. The van der Waals surface area contributed by atoms with Crippen molar-refractivity contribution < 1.29 is 26.5 Å². The zero-order valence-corrected chi connectivity index (χ0v) is 15.2. The molecule has 1 amide bonds. The topological polar surface area (TPSA) is 159 Å². The average molecular weight is 404 g/mol. The molecule has 2 unspecified atom stereocenters. The summed E-state index contributed by atoms with van der Waals surface area (Å²) in [5.41, 5.74) is 5.51. The van der Waals surface area contributed by atoms with E-state index in [4.69, 9.17) is 5.73 Å². The van der Waals surface area contributed by atoms with Crippen molar-refractivity contribution >= 4 is 60.8 Å². The second-order valence-corrected chi connectivity index (χ2v) is 7.65. The number of benzene rings is 2. The van der Waals surface area contributed by atoms with E-state index in [0.29, 0.717) is 0 Å². The Labute approximate surface area is 149 Å². The van der Waals surface area contributed by atoms with Crippen molar-refractivity contribution in [1.82, 2.24) is 0 Å². The molecule has 0 radical (unpaired) electrons. The molecule has 5 N–H and O–H groups in total. The number of hydrogen-bond donors (Lipinski definition) is 4. The predicted molar refractivity (Wildman–Crippen MR) is 95.8 cm³/mol. The van der Waals surface area contributed by atoms with Gasteiger partial charge in [0.2, 0.25) is 5.91 Å². The first-order chi connectivity index (χ1) is 11.7. The second-order valence-electron chi connectivity index (χ2n) is 4.74. The molecule has 0 aliphatic rings.